The SMILES string of the molecule is CC(C)(C)C(=N)N1CCN(C2CCCC2)CC1. The van der Waals surface area contributed by atoms with E-state index in [1.165, 1.54) is 25.7 Å². The van der Waals surface area contributed by atoms with Crippen molar-refractivity contribution in [3.63, 3.8) is 0 Å². The Balaban J connectivity index is 1.83. The van der Waals surface area contributed by atoms with E-state index >= 15 is 0 Å². The molecule has 0 unspecified atom stereocenters. The second kappa shape index (κ2) is 4.97. The van der Waals surface area contributed by atoms with Crippen LogP contribution in [-0.2, 0) is 0 Å². The van der Waals surface area contributed by atoms with Crippen molar-refractivity contribution in [1.82, 2.24) is 9.80 Å². The van der Waals surface area contributed by atoms with E-state index in [4.69, 9.17) is 5.41 Å². The highest BCUT2D eigenvalue weighted by Gasteiger charge is 2.29. The molecule has 1 aliphatic carbocycles. The zero-order chi connectivity index (χ0) is 12.5. The van der Waals surface area contributed by atoms with Gasteiger partial charge in [0.15, 0.2) is 0 Å². The summed E-state index contributed by atoms with van der Waals surface area (Å²) < 4.78 is 0. The summed E-state index contributed by atoms with van der Waals surface area (Å²) >= 11 is 0. The Morgan fingerprint density at radius 2 is 1.53 bits per heavy atom. The second-order valence-corrected chi connectivity index (χ2v) is 6.56. The van der Waals surface area contributed by atoms with Gasteiger partial charge < -0.3 is 4.90 Å². The van der Waals surface area contributed by atoms with Gasteiger partial charge in [-0.25, -0.2) is 0 Å². The fourth-order valence-corrected chi connectivity index (χ4v) is 3.05. The molecule has 1 N–H and O–H groups in total. The Hall–Kier alpha value is -0.570. The molecule has 0 aromatic rings. The molecule has 0 atom stereocenters. The summed E-state index contributed by atoms with van der Waals surface area (Å²) in [6.45, 7) is 10.8. The monoisotopic (exact) mass is 237 g/mol. The molecule has 0 radical (unpaired) electrons. The predicted molar refractivity (Wildman–Crippen MR) is 72.6 cm³/mol. The van der Waals surface area contributed by atoms with Crippen LogP contribution in [0.5, 0.6) is 0 Å². The fraction of sp³-hybridized carbons (Fsp3) is 0.929. The minimum absolute atomic E-state index is 0.00444. The molecule has 1 aliphatic heterocycles. The standard InChI is InChI=1S/C14H27N3/c1-14(2,3)13(15)17-10-8-16(9-11-17)12-6-4-5-7-12/h12,15H,4-11H2,1-3H3. The topological polar surface area (TPSA) is 30.3 Å². The third kappa shape index (κ3) is 3.01. The van der Waals surface area contributed by atoms with E-state index in [0.29, 0.717) is 0 Å². The maximum absolute atomic E-state index is 8.22. The molecule has 2 aliphatic rings. The van der Waals surface area contributed by atoms with Gasteiger partial charge in [0.1, 0.15) is 5.84 Å². The van der Waals surface area contributed by atoms with Crippen LogP contribution in [0.3, 0.4) is 0 Å². The van der Waals surface area contributed by atoms with Crippen LogP contribution in [0.1, 0.15) is 46.5 Å². The maximum atomic E-state index is 8.22. The smallest absolute Gasteiger partial charge is 0.101 e. The van der Waals surface area contributed by atoms with E-state index in [-0.39, 0.29) is 5.41 Å². The van der Waals surface area contributed by atoms with E-state index in [2.05, 4.69) is 30.6 Å². The van der Waals surface area contributed by atoms with E-state index in [9.17, 15) is 0 Å². The molecule has 98 valence electrons. The Kier molecular flexibility index (Phi) is 3.76. The summed E-state index contributed by atoms with van der Waals surface area (Å²) in [5.41, 5.74) is -0.00444. The minimum Gasteiger partial charge on any atom is -0.358 e. The van der Waals surface area contributed by atoms with Crippen molar-refractivity contribution in [3.8, 4) is 0 Å². The summed E-state index contributed by atoms with van der Waals surface area (Å²) in [5.74, 6) is 0.809. The molecule has 0 amide bonds. The Labute approximate surface area is 106 Å². The second-order valence-electron chi connectivity index (χ2n) is 6.56. The third-order valence-corrected chi connectivity index (χ3v) is 4.18. The molecule has 1 saturated heterocycles. The molecule has 17 heavy (non-hydrogen) atoms. The number of nitrogens with zero attached hydrogens (tertiary/aromatic N) is 2. The number of hydrogen-bond donors (Lipinski definition) is 1. The van der Waals surface area contributed by atoms with Crippen LogP contribution < -0.4 is 0 Å². The maximum Gasteiger partial charge on any atom is 0.101 e. The van der Waals surface area contributed by atoms with E-state index in [1.807, 2.05) is 0 Å². The number of rotatable bonds is 1. The molecule has 1 heterocycles. The molecule has 1 saturated carbocycles. The van der Waals surface area contributed by atoms with Gasteiger partial charge in [0.25, 0.3) is 0 Å². The number of piperazine rings is 1. The van der Waals surface area contributed by atoms with Gasteiger partial charge in [-0.2, -0.15) is 0 Å². The van der Waals surface area contributed by atoms with Gasteiger partial charge in [0.2, 0.25) is 0 Å². The van der Waals surface area contributed by atoms with Gasteiger partial charge in [-0.05, 0) is 12.8 Å². The highest BCUT2D eigenvalue weighted by molar-refractivity contribution is 5.84. The summed E-state index contributed by atoms with van der Waals surface area (Å²) in [7, 11) is 0. The van der Waals surface area contributed by atoms with Crippen molar-refractivity contribution >= 4 is 5.84 Å². The first-order valence-electron chi connectivity index (χ1n) is 7.06. The van der Waals surface area contributed by atoms with Gasteiger partial charge in [0.05, 0.1) is 0 Å². The average Bonchev–Trinajstić information content (AvgIpc) is 2.80. The summed E-state index contributed by atoms with van der Waals surface area (Å²) in [6.07, 6.45) is 5.64. The van der Waals surface area contributed by atoms with Crippen molar-refractivity contribution in [1.29, 1.82) is 5.41 Å². The van der Waals surface area contributed by atoms with Crippen LogP contribution in [0.2, 0.25) is 0 Å². The first kappa shape index (κ1) is 12.9. The van der Waals surface area contributed by atoms with Crippen LogP contribution in [0.25, 0.3) is 0 Å². The Morgan fingerprint density at radius 3 is 2.00 bits per heavy atom. The van der Waals surface area contributed by atoms with Crippen LogP contribution in [-0.4, -0.2) is 47.9 Å². The summed E-state index contributed by atoms with van der Waals surface area (Å²) in [4.78, 5) is 4.92. The van der Waals surface area contributed by atoms with Gasteiger partial charge in [0, 0.05) is 37.6 Å². The van der Waals surface area contributed by atoms with Gasteiger partial charge >= 0.3 is 0 Å². The fourth-order valence-electron chi connectivity index (χ4n) is 3.05. The first-order chi connectivity index (χ1) is 7.98. The third-order valence-electron chi connectivity index (χ3n) is 4.18. The molecular formula is C14H27N3. The summed E-state index contributed by atoms with van der Waals surface area (Å²) in [5, 5.41) is 8.22. The zero-order valence-electron chi connectivity index (χ0n) is 11.6. The van der Waals surface area contributed by atoms with Crippen molar-refractivity contribution in [2.45, 2.75) is 52.5 Å². The molecule has 0 spiro atoms. The van der Waals surface area contributed by atoms with Crippen molar-refractivity contribution in [2.75, 3.05) is 26.2 Å². The van der Waals surface area contributed by atoms with E-state index in [0.717, 1.165) is 38.1 Å². The number of nitrogens with one attached hydrogen (secondary N) is 1. The Bertz CT molecular complexity index is 266. The highest BCUT2D eigenvalue weighted by Crippen LogP contribution is 2.25. The van der Waals surface area contributed by atoms with Gasteiger partial charge in [-0.15, -0.1) is 0 Å². The number of hydrogen-bond acceptors (Lipinski definition) is 2. The molecule has 0 aromatic heterocycles. The lowest BCUT2D eigenvalue weighted by Gasteiger charge is -2.41. The molecule has 2 rings (SSSR count). The molecular weight excluding hydrogens is 210 g/mol. The van der Waals surface area contributed by atoms with Crippen molar-refractivity contribution in [3.05, 3.63) is 0 Å². The Morgan fingerprint density at radius 1 is 1.00 bits per heavy atom. The lowest BCUT2D eigenvalue weighted by Crippen LogP contribution is -2.53. The van der Waals surface area contributed by atoms with Crippen molar-refractivity contribution < 1.29 is 0 Å². The number of amidine groups is 1. The highest BCUT2D eigenvalue weighted by atomic mass is 15.3. The molecule has 3 heteroatoms. The zero-order valence-corrected chi connectivity index (χ0v) is 11.6. The van der Waals surface area contributed by atoms with Crippen LogP contribution in [0, 0.1) is 10.8 Å². The van der Waals surface area contributed by atoms with E-state index < -0.39 is 0 Å². The first-order valence-corrected chi connectivity index (χ1v) is 7.06. The predicted octanol–water partition coefficient (Wildman–Crippen LogP) is 2.57. The lowest BCUT2D eigenvalue weighted by molar-refractivity contribution is 0.129. The van der Waals surface area contributed by atoms with Crippen LogP contribution in [0.15, 0.2) is 0 Å². The van der Waals surface area contributed by atoms with Crippen LogP contribution >= 0.6 is 0 Å². The van der Waals surface area contributed by atoms with Gasteiger partial charge in [-0.1, -0.05) is 33.6 Å². The minimum atomic E-state index is -0.00444. The molecule has 3 nitrogen and oxygen atoms in total. The molecule has 0 bridgehead atoms. The van der Waals surface area contributed by atoms with Crippen LogP contribution in [0.4, 0.5) is 0 Å². The molecule has 2 fully saturated rings. The molecule has 0 aromatic carbocycles. The normalized spacial score (nSPS) is 24.3. The average molecular weight is 237 g/mol. The van der Waals surface area contributed by atoms with Crippen molar-refractivity contribution in [2.24, 2.45) is 5.41 Å². The largest absolute Gasteiger partial charge is 0.358 e. The van der Waals surface area contributed by atoms with Gasteiger partial charge in [-0.3, -0.25) is 10.3 Å². The summed E-state index contributed by atoms with van der Waals surface area (Å²) in [6, 6.07) is 0.848. The lowest BCUT2D eigenvalue weighted by atomic mass is 9.93. The van der Waals surface area contributed by atoms with E-state index in [1.54, 1.807) is 0 Å². The quantitative estimate of drug-likeness (QED) is 0.561.